The fourth-order valence-electron chi connectivity index (χ4n) is 9.28. The number of H-pyrrole nitrogens is 2. The van der Waals surface area contributed by atoms with Gasteiger partial charge in [-0.1, -0.05) is 190 Å². The van der Waals surface area contributed by atoms with E-state index in [9.17, 15) is 19.2 Å². The number of quaternary nitrogens is 2. The van der Waals surface area contributed by atoms with Crippen LogP contribution in [-0.2, 0) is 0 Å². The number of amides is 4. The number of unbranched alkanes of at least 4 members (excludes halogenated alkanes) is 8. The fourth-order valence-corrected chi connectivity index (χ4v) is 10.2. The molecule has 14 nitrogen and oxygen atoms in total. The molecule has 478 valence electrons. The molecular weight excluding hydrogens is 1210 g/mol. The number of rotatable bonds is 32. The number of hydrogen-bond acceptors (Lipinski definition) is 6. The molecule has 2 aromatic heterocycles. The predicted octanol–water partition coefficient (Wildman–Crippen LogP) is 13.0. The van der Waals surface area contributed by atoms with Crippen LogP contribution < -0.4 is 46.1 Å². The van der Waals surface area contributed by atoms with Crippen molar-refractivity contribution in [2.75, 3.05) is 73.6 Å². The Morgan fingerprint density at radius 3 is 0.686 bits per heavy atom. The van der Waals surface area contributed by atoms with Crippen molar-refractivity contribution in [1.29, 1.82) is 10.5 Å². The lowest BCUT2D eigenvalue weighted by Gasteiger charge is -2.39. The molecule has 0 bridgehead atoms. The first kappa shape index (κ1) is 82.8. The van der Waals surface area contributed by atoms with Crippen LogP contribution in [0.4, 0.5) is 22.7 Å². The molecule has 0 atom stereocenters. The van der Waals surface area contributed by atoms with Gasteiger partial charge >= 0.3 is 0 Å². The molecule has 0 aliphatic rings. The molecule has 0 aliphatic heterocycles. The minimum Gasteiger partial charge on any atom is -1.00 e. The topological polar surface area (TPSA) is 196 Å². The van der Waals surface area contributed by atoms with Gasteiger partial charge in [0.15, 0.2) is 0 Å². The molecule has 0 saturated carbocycles. The van der Waals surface area contributed by atoms with Crippen LogP contribution in [0, 0.1) is 22.7 Å². The zero-order valence-corrected chi connectivity index (χ0v) is 57.3. The lowest BCUT2D eigenvalue weighted by Crippen LogP contribution is -3.00. The van der Waals surface area contributed by atoms with Crippen LogP contribution in [0.25, 0.3) is 0 Å². The largest absolute Gasteiger partial charge is 1.00 e. The molecule has 5 rings (SSSR count). The van der Waals surface area contributed by atoms with Crippen LogP contribution in [0.3, 0.4) is 0 Å². The Balaban J connectivity index is 0. The summed E-state index contributed by atoms with van der Waals surface area (Å²) < 4.78 is 2.84. The minimum atomic E-state index is -0.651. The van der Waals surface area contributed by atoms with Gasteiger partial charge in [-0.15, -0.1) is 0 Å². The minimum absolute atomic E-state index is 0. The summed E-state index contributed by atoms with van der Waals surface area (Å²) in [6, 6.07) is 27.0. The third kappa shape index (κ3) is 30.6. The molecule has 0 aliphatic carbocycles. The summed E-state index contributed by atoms with van der Waals surface area (Å²) in [5, 5.41) is 24.8. The van der Waals surface area contributed by atoms with E-state index in [1.165, 1.54) is 202 Å². The summed E-state index contributed by atoms with van der Waals surface area (Å²) in [7, 11) is 0. The lowest BCUT2D eigenvalue weighted by molar-refractivity contribution is -0.929. The van der Waals surface area contributed by atoms with E-state index in [1.54, 1.807) is 72.8 Å². The van der Waals surface area contributed by atoms with Crippen LogP contribution >= 0.6 is 46.4 Å². The predicted molar refractivity (Wildman–Crippen MR) is 354 cm³/mol. The van der Waals surface area contributed by atoms with Crippen LogP contribution in [0.2, 0.25) is 20.1 Å². The summed E-state index contributed by atoms with van der Waals surface area (Å²) in [5.41, 5.74) is 1.40. The van der Waals surface area contributed by atoms with Crippen molar-refractivity contribution in [2.24, 2.45) is 0 Å². The number of nitrogens with zero attached hydrogens (tertiary/aromatic N) is 4. The number of anilines is 4. The third-order valence-corrected chi connectivity index (χ3v) is 15.7. The fraction of sp³-hybridized carbons (Fsp3) is 0.515. The van der Waals surface area contributed by atoms with Crippen LogP contribution in [-0.4, -0.2) is 94.9 Å². The Bertz CT molecular complexity index is 2470. The standard InChI is InChI=1S/C30H20Cl4N6O4.2C16H36N.2C2H3N.2ClH/c31-19-21(33)25(39-23(19)27(41)35-15-7-3-1-4-8-15)29(43)37-17-11-13-18(14-12-17)38-30(44)26-22(34)20(32)24(40-26)28(42)36-16-9-5-2-6-10-16;2*1-5-9-13-17(14-10-6-2,15-11-7-3)16-12-8-4;2*1-2-3;;/h1-14,39-40H,(H,35,41)(H,36,42)(H,37,43)(H,38,44);2*5-16H2,1-4H3;2*1H3;2*1H/q;2*+1;;;;/p-2. The van der Waals surface area contributed by atoms with E-state index in [1.807, 2.05) is 0 Å². The number of benzene rings is 3. The number of para-hydroxylation sites is 2. The second-order valence-corrected chi connectivity index (χ2v) is 22.4. The van der Waals surface area contributed by atoms with E-state index in [-0.39, 0.29) is 67.7 Å². The lowest BCUT2D eigenvalue weighted by atomic mass is 10.1. The third-order valence-electron chi connectivity index (χ3n) is 14.0. The highest BCUT2D eigenvalue weighted by Gasteiger charge is 2.28. The highest BCUT2D eigenvalue weighted by molar-refractivity contribution is 6.47. The van der Waals surface area contributed by atoms with Gasteiger partial charge in [0.05, 0.1) is 84.6 Å². The zero-order chi connectivity index (χ0) is 62.8. The summed E-state index contributed by atoms with van der Waals surface area (Å²) in [6.45, 7) is 32.9. The van der Waals surface area contributed by atoms with Crippen LogP contribution in [0.15, 0.2) is 84.9 Å². The molecule has 0 spiro atoms. The van der Waals surface area contributed by atoms with Gasteiger partial charge in [0.25, 0.3) is 23.6 Å². The Morgan fingerprint density at radius 1 is 0.360 bits per heavy atom. The number of carbonyl (C=O) groups excluding carboxylic acids is 4. The van der Waals surface area contributed by atoms with E-state index in [0.717, 1.165) is 0 Å². The number of nitriles is 2. The maximum absolute atomic E-state index is 12.9. The smallest absolute Gasteiger partial charge is 0.273 e. The summed E-state index contributed by atoms with van der Waals surface area (Å²) in [6.07, 6.45) is 22.1. The van der Waals surface area contributed by atoms with Crippen molar-refractivity contribution in [3.05, 3.63) is 128 Å². The van der Waals surface area contributed by atoms with Gasteiger partial charge < -0.3 is 65.0 Å². The Morgan fingerprint density at radius 2 is 0.523 bits per heavy atom. The maximum atomic E-state index is 12.9. The number of aromatic amines is 2. The highest BCUT2D eigenvalue weighted by Crippen LogP contribution is 2.33. The van der Waals surface area contributed by atoms with Crippen molar-refractivity contribution >= 4 is 92.8 Å². The molecule has 3 aromatic carbocycles. The van der Waals surface area contributed by atoms with Gasteiger partial charge in [0.1, 0.15) is 22.8 Å². The summed E-state index contributed by atoms with van der Waals surface area (Å²) in [5.74, 6) is -2.45. The van der Waals surface area contributed by atoms with E-state index < -0.39 is 23.6 Å². The van der Waals surface area contributed by atoms with E-state index >= 15 is 0 Å². The van der Waals surface area contributed by atoms with Crippen LogP contribution in [0.1, 0.15) is 214 Å². The van der Waals surface area contributed by atoms with Gasteiger partial charge in [0.2, 0.25) is 0 Å². The van der Waals surface area contributed by atoms with Crippen molar-refractivity contribution in [2.45, 2.75) is 172 Å². The van der Waals surface area contributed by atoms with Gasteiger partial charge in [-0.2, -0.15) is 10.5 Å². The van der Waals surface area contributed by atoms with Crippen molar-refractivity contribution in [3.63, 3.8) is 0 Å². The Labute approximate surface area is 548 Å². The molecular formula is C66H98Cl6N10O4. The van der Waals surface area contributed by atoms with Gasteiger partial charge in [-0.25, -0.2) is 0 Å². The Kier molecular flexibility index (Phi) is 46.9. The SMILES string of the molecule is CC#N.CC#N.CCCC[N+](CCCC)(CCCC)CCCC.CCCC[N+](CCCC)(CCCC)CCCC.O=C(Nc1ccccc1)c1[nH]c(C(=O)Nc2ccc(NC(=O)c3[nH]c(C(=O)Nc4ccccc4)c(Cl)c3Cl)cc2)c(Cl)c1Cl.[Cl-].[Cl-]. The molecule has 86 heavy (non-hydrogen) atoms. The zero-order valence-electron chi connectivity index (χ0n) is 52.7. The summed E-state index contributed by atoms with van der Waals surface area (Å²) in [4.78, 5) is 56.5. The van der Waals surface area contributed by atoms with Gasteiger partial charge in [-0.05, 0) is 99.9 Å². The average molecular weight is 1310 g/mol. The second-order valence-electron chi connectivity index (χ2n) is 20.9. The number of aromatic nitrogens is 2. The summed E-state index contributed by atoms with van der Waals surface area (Å²) >= 11 is 25.0. The first-order chi connectivity index (χ1) is 40.4. The molecule has 0 saturated heterocycles. The maximum Gasteiger partial charge on any atom is 0.273 e. The van der Waals surface area contributed by atoms with Crippen LogP contribution in [0.5, 0.6) is 0 Å². The number of carbonyl (C=O) groups is 4. The van der Waals surface area contributed by atoms with Crippen molar-refractivity contribution in [1.82, 2.24) is 9.97 Å². The normalized spacial score (nSPS) is 10.4. The molecule has 20 heteroatoms. The van der Waals surface area contributed by atoms with E-state index in [0.29, 0.717) is 22.7 Å². The average Bonchev–Trinajstić information content (AvgIpc) is 4.13. The monoisotopic (exact) mass is 1300 g/mol. The second kappa shape index (κ2) is 48.7. The van der Waals surface area contributed by atoms with Crippen molar-refractivity contribution < 1.29 is 53.0 Å². The molecule has 0 radical (unpaired) electrons. The van der Waals surface area contributed by atoms with Gasteiger partial charge in [-0.3, -0.25) is 19.2 Å². The molecule has 0 fully saturated rings. The van der Waals surface area contributed by atoms with E-state index in [2.05, 4.69) is 86.6 Å². The van der Waals surface area contributed by atoms with E-state index in [4.69, 9.17) is 56.9 Å². The highest BCUT2D eigenvalue weighted by atomic mass is 35.5. The van der Waals surface area contributed by atoms with Gasteiger partial charge in [0, 0.05) is 36.6 Å². The quantitative estimate of drug-likeness (QED) is 0.0232. The molecule has 5 aromatic rings. The first-order valence-electron chi connectivity index (χ1n) is 30.3. The van der Waals surface area contributed by atoms with Crippen molar-refractivity contribution in [3.8, 4) is 12.1 Å². The number of nitrogens with one attached hydrogen (secondary N) is 6. The Hall–Kier alpha value is -5.26. The first-order valence-corrected chi connectivity index (χ1v) is 31.9. The number of halogens is 6. The molecule has 4 amide bonds. The molecule has 0 unspecified atom stereocenters. The molecule has 6 N–H and O–H groups in total. The molecule has 2 heterocycles. The number of hydrogen-bond donors (Lipinski definition) is 6.